The molecule has 2 aromatic rings. The molecule has 1 aromatic heterocycles. The third-order valence-electron chi connectivity index (χ3n) is 2.54. The smallest absolute Gasteiger partial charge is 0.0568 e. The first-order valence-corrected chi connectivity index (χ1v) is 6.22. The highest BCUT2D eigenvalue weighted by Gasteiger charge is 2.00. The van der Waals surface area contributed by atoms with Gasteiger partial charge < -0.3 is 0 Å². The standard InChI is InChI=1S/C13H16N2S/c16-9-5-4-8-15-11-13(10-14-15)12-6-2-1-3-7-12/h1-3,6-7,10-11,16H,4-5,8-9H2. The van der Waals surface area contributed by atoms with Crippen LogP contribution in [0.4, 0.5) is 0 Å². The van der Waals surface area contributed by atoms with Gasteiger partial charge in [0.25, 0.3) is 0 Å². The molecule has 84 valence electrons. The van der Waals surface area contributed by atoms with Gasteiger partial charge in [0.1, 0.15) is 0 Å². The van der Waals surface area contributed by atoms with E-state index in [0.29, 0.717) is 0 Å². The lowest BCUT2D eigenvalue weighted by atomic mass is 10.1. The summed E-state index contributed by atoms with van der Waals surface area (Å²) in [5.74, 6) is 0.951. The van der Waals surface area contributed by atoms with E-state index in [4.69, 9.17) is 0 Å². The van der Waals surface area contributed by atoms with E-state index < -0.39 is 0 Å². The third kappa shape index (κ3) is 2.89. The monoisotopic (exact) mass is 232 g/mol. The van der Waals surface area contributed by atoms with Crippen molar-refractivity contribution in [2.24, 2.45) is 0 Å². The van der Waals surface area contributed by atoms with E-state index in [1.54, 1.807) is 0 Å². The van der Waals surface area contributed by atoms with Crippen molar-refractivity contribution in [3.63, 3.8) is 0 Å². The molecule has 0 N–H and O–H groups in total. The molecule has 0 saturated heterocycles. The largest absolute Gasteiger partial charge is 0.272 e. The Hall–Kier alpha value is -1.22. The Bertz CT molecular complexity index is 423. The van der Waals surface area contributed by atoms with Gasteiger partial charge in [-0.05, 0) is 24.2 Å². The fraction of sp³-hybridized carbons (Fsp3) is 0.308. The second-order valence-corrected chi connectivity index (χ2v) is 4.24. The van der Waals surface area contributed by atoms with Crippen molar-refractivity contribution in [2.75, 3.05) is 5.75 Å². The van der Waals surface area contributed by atoms with Crippen molar-refractivity contribution in [3.8, 4) is 11.1 Å². The van der Waals surface area contributed by atoms with Gasteiger partial charge in [-0.25, -0.2) is 0 Å². The second kappa shape index (κ2) is 5.75. The summed E-state index contributed by atoms with van der Waals surface area (Å²) in [5, 5.41) is 4.36. The average Bonchev–Trinajstić information content (AvgIpc) is 2.79. The molecule has 2 nitrogen and oxygen atoms in total. The van der Waals surface area contributed by atoms with Crippen LogP contribution in [0.1, 0.15) is 12.8 Å². The van der Waals surface area contributed by atoms with E-state index in [-0.39, 0.29) is 0 Å². The summed E-state index contributed by atoms with van der Waals surface area (Å²) in [4.78, 5) is 0. The van der Waals surface area contributed by atoms with Crippen molar-refractivity contribution in [1.29, 1.82) is 0 Å². The van der Waals surface area contributed by atoms with Gasteiger partial charge in [-0.3, -0.25) is 4.68 Å². The van der Waals surface area contributed by atoms with Crippen molar-refractivity contribution in [3.05, 3.63) is 42.7 Å². The van der Waals surface area contributed by atoms with Gasteiger partial charge >= 0.3 is 0 Å². The molecule has 0 amide bonds. The maximum Gasteiger partial charge on any atom is 0.0568 e. The van der Waals surface area contributed by atoms with Crippen molar-refractivity contribution in [2.45, 2.75) is 19.4 Å². The minimum absolute atomic E-state index is 0.951. The zero-order chi connectivity index (χ0) is 11.2. The first kappa shape index (κ1) is 11.3. The summed E-state index contributed by atoms with van der Waals surface area (Å²) < 4.78 is 2.01. The molecule has 0 bridgehead atoms. The number of nitrogens with zero attached hydrogens (tertiary/aromatic N) is 2. The van der Waals surface area contributed by atoms with Crippen LogP contribution in [0.2, 0.25) is 0 Å². The minimum atomic E-state index is 0.951. The fourth-order valence-corrected chi connectivity index (χ4v) is 1.87. The number of aromatic nitrogens is 2. The quantitative estimate of drug-likeness (QED) is 0.619. The molecule has 0 aliphatic carbocycles. The van der Waals surface area contributed by atoms with E-state index in [1.165, 1.54) is 11.1 Å². The van der Waals surface area contributed by atoms with E-state index in [9.17, 15) is 0 Å². The van der Waals surface area contributed by atoms with Crippen LogP contribution in [-0.4, -0.2) is 15.5 Å². The number of thiol groups is 1. The predicted octanol–water partition coefficient (Wildman–Crippen LogP) is 3.26. The van der Waals surface area contributed by atoms with Crippen molar-refractivity contribution >= 4 is 12.6 Å². The summed E-state index contributed by atoms with van der Waals surface area (Å²) in [6.45, 7) is 0.980. The lowest BCUT2D eigenvalue weighted by Gasteiger charge is -1.99. The van der Waals surface area contributed by atoms with Crippen molar-refractivity contribution < 1.29 is 0 Å². The van der Waals surface area contributed by atoms with Crippen LogP contribution in [-0.2, 0) is 6.54 Å². The Kier molecular flexibility index (Phi) is 4.05. The lowest BCUT2D eigenvalue weighted by Crippen LogP contribution is -1.97. The summed E-state index contributed by atoms with van der Waals surface area (Å²) in [6, 6.07) is 10.3. The molecular weight excluding hydrogens is 216 g/mol. The maximum atomic E-state index is 4.36. The van der Waals surface area contributed by atoms with E-state index in [1.807, 2.05) is 29.1 Å². The Balaban J connectivity index is 2.02. The summed E-state index contributed by atoms with van der Waals surface area (Å²) in [6.07, 6.45) is 6.31. The predicted molar refractivity (Wildman–Crippen MR) is 70.8 cm³/mol. The van der Waals surface area contributed by atoms with Crippen molar-refractivity contribution in [1.82, 2.24) is 9.78 Å². The third-order valence-corrected chi connectivity index (χ3v) is 2.85. The van der Waals surface area contributed by atoms with Gasteiger partial charge in [-0.15, -0.1) is 0 Å². The highest BCUT2D eigenvalue weighted by Crippen LogP contribution is 2.17. The normalized spacial score (nSPS) is 10.6. The topological polar surface area (TPSA) is 17.8 Å². The highest BCUT2D eigenvalue weighted by molar-refractivity contribution is 7.80. The van der Waals surface area contributed by atoms with Crippen LogP contribution in [0.25, 0.3) is 11.1 Å². The maximum absolute atomic E-state index is 4.36. The molecule has 0 spiro atoms. The molecule has 3 heteroatoms. The van der Waals surface area contributed by atoms with E-state index in [0.717, 1.165) is 25.1 Å². The minimum Gasteiger partial charge on any atom is -0.272 e. The summed E-state index contributed by atoms with van der Waals surface area (Å²) in [7, 11) is 0. The zero-order valence-corrected chi connectivity index (χ0v) is 10.1. The zero-order valence-electron chi connectivity index (χ0n) is 9.21. The fourth-order valence-electron chi connectivity index (χ4n) is 1.65. The Morgan fingerprint density at radius 3 is 2.62 bits per heavy atom. The number of hydrogen-bond acceptors (Lipinski definition) is 2. The number of benzene rings is 1. The molecule has 1 heterocycles. The summed E-state index contributed by atoms with van der Waals surface area (Å²) >= 11 is 4.20. The summed E-state index contributed by atoms with van der Waals surface area (Å²) in [5.41, 5.74) is 2.41. The first-order valence-electron chi connectivity index (χ1n) is 5.59. The van der Waals surface area contributed by atoms with Crippen LogP contribution in [0.5, 0.6) is 0 Å². The Labute approximate surface area is 102 Å². The molecule has 0 atom stereocenters. The van der Waals surface area contributed by atoms with Crippen LogP contribution in [0, 0.1) is 0 Å². The lowest BCUT2D eigenvalue weighted by molar-refractivity contribution is 0.574. The molecule has 0 unspecified atom stereocenters. The first-order chi connectivity index (χ1) is 7.90. The molecule has 1 aromatic carbocycles. The van der Waals surface area contributed by atoms with Gasteiger partial charge in [-0.1, -0.05) is 30.3 Å². The average molecular weight is 232 g/mol. The van der Waals surface area contributed by atoms with E-state index in [2.05, 4.69) is 36.1 Å². The van der Waals surface area contributed by atoms with Crippen LogP contribution in [0.3, 0.4) is 0 Å². The molecule has 0 saturated carbocycles. The Morgan fingerprint density at radius 1 is 1.06 bits per heavy atom. The SMILES string of the molecule is SCCCCn1cc(-c2ccccc2)cn1. The van der Waals surface area contributed by atoms with Gasteiger partial charge in [0.05, 0.1) is 6.20 Å². The Morgan fingerprint density at radius 2 is 1.88 bits per heavy atom. The van der Waals surface area contributed by atoms with Crippen LogP contribution < -0.4 is 0 Å². The number of aryl methyl sites for hydroxylation is 1. The van der Waals surface area contributed by atoms with Crippen LogP contribution >= 0.6 is 12.6 Å². The van der Waals surface area contributed by atoms with Gasteiger partial charge in [0, 0.05) is 18.3 Å². The molecule has 0 aliphatic rings. The molecule has 0 fully saturated rings. The highest BCUT2D eigenvalue weighted by atomic mass is 32.1. The van der Waals surface area contributed by atoms with Gasteiger partial charge in [0.15, 0.2) is 0 Å². The van der Waals surface area contributed by atoms with Gasteiger partial charge in [0.2, 0.25) is 0 Å². The molecule has 16 heavy (non-hydrogen) atoms. The second-order valence-electron chi connectivity index (χ2n) is 3.79. The molecule has 0 radical (unpaired) electrons. The number of rotatable bonds is 5. The molecule has 2 rings (SSSR count). The van der Waals surface area contributed by atoms with Gasteiger partial charge in [-0.2, -0.15) is 17.7 Å². The molecule has 0 aliphatic heterocycles. The molecular formula is C13H16N2S. The number of unbranched alkanes of at least 4 members (excludes halogenated alkanes) is 1. The van der Waals surface area contributed by atoms with Crippen LogP contribution in [0.15, 0.2) is 42.7 Å². The number of hydrogen-bond donors (Lipinski definition) is 1. The van der Waals surface area contributed by atoms with E-state index >= 15 is 0 Å².